The quantitative estimate of drug-likeness (QED) is 0.554. The molecule has 2 amide bonds. The van der Waals surface area contributed by atoms with E-state index in [0.717, 1.165) is 31.4 Å². The van der Waals surface area contributed by atoms with Crippen LogP contribution in [-0.4, -0.2) is 58.0 Å². The molecular formula is C22H29N4O4P. The standard InChI is InChI=1S/C22H29N4O4P/c1-3-4-6-14(2)11-23-21(28)16-12-24-13-17-25-9-5-7-15(25)8-10-26(17)22(29)18(24)20(30-31)19(16)27/h3-4,6,12,15,17H,5,7-11,13,31H2,1-2H3,(H,23,28)/b4-3-,14-6+/t15-,17-/m1/s1. The zero-order valence-electron chi connectivity index (χ0n) is 18.0. The summed E-state index contributed by atoms with van der Waals surface area (Å²) in [5.74, 6) is -0.784. The van der Waals surface area contributed by atoms with Gasteiger partial charge in [0.2, 0.25) is 5.43 Å². The summed E-state index contributed by atoms with van der Waals surface area (Å²) >= 11 is 0. The van der Waals surface area contributed by atoms with E-state index in [1.54, 1.807) is 4.57 Å². The first kappa shape index (κ1) is 21.8. The highest BCUT2D eigenvalue weighted by atomic mass is 31.0. The lowest BCUT2D eigenvalue weighted by molar-refractivity contribution is -0.0209. The second-order valence-corrected chi connectivity index (χ2v) is 8.58. The third-order valence-corrected chi connectivity index (χ3v) is 6.63. The Morgan fingerprint density at radius 2 is 2.13 bits per heavy atom. The van der Waals surface area contributed by atoms with E-state index in [4.69, 9.17) is 4.52 Å². The summed E-state index contributed by atoms with van der Waals surface area (Å²) in [6.45, 7) is 6.30. The summed E-state index contributed by atoms with van der Waals surface area (Å²) in [6.07, 6.45) is 10.4. The van der Waals surface area contributed by atoms with Crippen LogP contribution in [0.25, 0.3) is 0 Å². The summed E-state index contributed by atoms with van der Waals surface area (Å²) in [4.78, 5) is 43.3. The van der Waals surface area contributed by atoms with Crippen molar-refractivity contribution >= 4 is 21.3 Å². The van der Waals surface area contributed by atoms with E-state index in [1.807, 2.05) is 46.4 Å². The monoisotopic (exact) mass is 444 g/mol. The second-order valence-electron chi connectivity index (χ2n) is 8.34. The topological polar surface area (TPSA) is 83.9 Å². The van der Waals surface area contributed by atoms with Gasteiger partial charge in [-0.15, -0.1) is 0 Å². The Hall–Kier alpha value is -2.44. The number of pyridine rings is 1. The Labute approximate surface area is 184 Å². The van der Waals surface area contributed by atoms with Crippen LogP contribution in [0.3, 0.4) is 0 Å². The van der Waals surface area contributed by atoms with Crippen molar-refractivity contribution in [2.75, 3.05) is 19.6 Å². The zero-order valence-corrected chi connectivity index (χ0v) is 19.1. The second kappa shape index (κ2) is 8.97. The van der Waals surface area contributed by atoms with E-state index in [9.17, 15) is 14.4 Å². The number of hydrogen-bond acceptors (Lipinski definition) is 5. The SMILES string of the molecule is C/C=C\C=C(/C)CNC(=O)c1cn2c(c(OP)c1=O)C(=O)N1CC[C@H]3CCCN3[C@H]1C2. The van der Waals surface area contributed by atoms with Gasteiger partial charge in [-0.05, 0) is 33.1 Å². The average molecular weight is 444 g/mol. The molecule has 1 unspecified atom stereocenters. The van der Waals surface area contributed by atoms with Crippen molar-refractivity contribution in [1.82, 2.24) is 19.7 Å². The molecular weight excluding hydrogens is 415 g/mol. The van der Waals surface area contributed by atoms with Gasteiger partial charge in [0.15, 0.2) is 11.4 Å². The van der Waals surface area contributed by atoms with Gasteiger partial charge >= 0.3 is 0 Å². The number of allylic oxidation sites excluding steroid dienone is 3. The first-order valence-electron chi connectivity index (χ1n) is 10.7. The van der Waals surface area contributed by atoms with Crippen molar-refractivity contribution in [1.29, 1.82) is 0 Å². The fourth-order valence-corrected chi connectivity index (χ4v) is 5.06. The number of nitrogens with zero attached hydrogens (tertiary/aromatic N) is 3. The molecule has 3 aliphatic heterocycles. The molecule has 0 saturated carbocycles. The fourth-order valence-electron chi connectivity index (χ4n) is 4.84. The number of carbonyl (C=O) groups excluding carboxylic acids is 2. The Kier molecular flexibility index (Phi) is 6.30. The van der Waals surface area contributed by atoms with E-state index < -0.39 is 11.3 Å². The number of carbonyl (C=O) groups is 2. The first-order valence-corrected chi connectivity index (χ1v) is 11.2. The molecule has 0 bridgehead atoms. The van der Waals surface area contributed by atoms with Gasteiger partial charge in [-0.3, -0.25) is 19.3 Å². The van der Waals surface area contributed by atoms with Crippen LogP contribution < -0.4 is 15.3 Å². The number of amides is 2. The third kappa shape index (κ3) is 3.94. The van der Waals surface area contributed by atoms with E-state index >= 15 is 0 Å². The van der Waals surface area contributed by atoms with Crippen LogP contribution in [0, 0.1) is 0 Å². The predicted octanol–water partition coefficient (Wildman–Crippen LogP) is 1.92. The van der Waals surface area contributed by atoms with Gasteiger partial charge in [-0.25, -0.2) is 0 Å². The minimum Gasteiger partial charge on any atom is -0.474 e. The van der Waals surface area contributed by atoms with Gasteiger partial charge < -0.3 is 19.3 Å². The summed E-state index contributed by atoms with van der Waals surface area (Å²) in [6, 6.07) is 0.502. The van der Waals surface area contributed by atoms with Crippen LogP contribution >= 0.6 is 9.47 Å². The highest BCUT2D eigenvalue weighted by Gasteiger charge is 2.45. The molecule has 1 aromatic heterocycles. The van der Waals surface area contributed by atoms with Crippen molar-refractivity contribution < 1.29 is 14.1 Å². The highest BCUT2D eigenvalue weighted by Crippen LogP contribution is 2.34. The number of aromatic nitrogens is 1. The van der Waals surface area contributed by atoms with Gasteiger partial charge in [0, 0.05) is 31.9 Å². The fraction of sp³-hybridized carbons (Fsp3) is 0.500. The molecule has 166 valence electrons. The molecule has 4 heterocycles. The average Bonchev–Trinajstić information content (AvgIpc) is 3.25. The molecule has 3 aliphatic rings. The van der Waals surface area contributed by atoms with Gasteiger partial charge in [-0.1, -0.05) is 23.8 Å². The lowest BCUT2D eigenvalue weighted by atomic mass is 10.0. The van der Waals surface area contributed by atoms with Crippen molar-refractivity contribution in [2.45, 2.75) is 51.9 Å². The van der Waals surface area contributed by atoms with Gasteiger partial charge in [-0.2, -0.15) is 0 Å². The molecule has 2 fully saturated rings. The normalized spacial score (nSPS) is 23.5. The number of nitrogens with one attached hydrogen (secondary N) is 1. The van der Waals surface area contributed by atoms with Crippen LogP contribution in [0.2, 0.25) is 0 Å². The van der Waals surface area contributed by atoms with Gasteiger partial charge in [0.25, 0.3) is 11.8 Å². The molecule has 0 spiro atoms. The molecule has 0 radical (unpaired) electrons. The lowest BCUT2D eigenvalue weighted by Crippen LogP contribution is -2.62. The molecule has 3 atom stereocenters. The van der Waals surface area contributed by atoms with E-state index in [-0.39, 0.29) is 29.1 Å². The maximum absolute atomic E-state index is 13.3. The number of fused-ring (bicyclic) bond motifs is 4. The molecule has 4 rings (SSSR count). The Balaban J connectivity index is 1.67. The van der Waals surface area contributed by atoms with E-state index in [1.165, 1.54) is 6.20 Å². The zero-order chi connectivity index (χ0) is 22.1. The Morgan fingerprint density at radius 3 is 2.87 bits per heavy atom. The molecule has 8 nitrogen and oxygen atoms in total. The van der Waals surface area contributed by atoms with Crippen molar-refractivity contribution in [3.05, 3.63) is 51.5 Å². The van der Waals surface area contributed by atoms with Crippen LogP contribution in [0.15, 0.2) is 34.8 Å². The van der Waals surface area contributed by atoms with Crippen molar-refractivity contribution in [2.24, 2.45) is 0 Å². The summed E-state index contributed by atoms with van der Waals surface area (Å²) in [5.41, 5.74) is 0.585. The van der Waals surface area contributed by atoms with Crippen LogP contribution in [0.4, 0.5) is 0 Å². The molecule has 31 heavy (non-hydrogen) atoms. The largest absolute Gasteiger partial charge is 0.474 e. The molecule has 9 heteroatoms. The number of hydrogen-bond donors (Lipinski definition) is 1. The first-order chi connectivity index (χ1) is 15.0. The van der Waals surface area contributed by atoms with Crippen molar-refractivity contribution in [3.8, 4) is 5.75 Å². The van der Waals surface area contributed by atoms with E-state index in [2.05, 4.69) is 10.2 Å². The minimum absolute atomic E-state index is 0.0185. The summed E-state index contributed by atoms with van der Waals surface area (Å²) in [5, 5.41) is 2.79. The maximum atomic E-state index is 13.3. The highest BCUT2D eigenvalue weighted by molar-refractivity contribution is 7.10. The van der Waals surface area contributed by atoms with Crippen molar-refractivity contribution in [3.63, 3.8) is 0 Å². The Bertz CT molecular complexity index is 1020. The lowest BCUT2D eigenvalue weighted by Gasteiger charge is -2.48. The minimum atomic E-state index is -0.573. The van der Waals surface area contributed by atoms with E-state index in [0.29, 0.717) is 25.7 Å². The molecule has 0 aromatic carbocycles. The molecule has 0 aliphatic carbocycles. The number of rotatable bonds is 5. The third-order valence-electron chi connectivity index (χ3n) is 6.39. The van der Waals surface area contributed by atoms with Crippen LogP contribution in [0.1, 0.15) is 54.0 Å². The Morgan fingerprint density at radius 1 is 1.32 bits per heavy atom. The maximum Gasteiger partial charge on any atom is 0.275 e. The summed E-state index contributed by atoms with van der Waals surface area (Å²) < 4.78 is 7.00. The summed E-state index contributed by atoms with van der Waals surface area (Å²) in [7, 11) is 2.04. The molecule has 1 N–H and O–H groups in total. The smallest absolute Gasteiger partial charge is 0.275 e. The predicted molar refractivity (Wildman–Crippen MR) is 121 cm³/mol. The van der Waals surface area contributed by atoms with Gasteiger partial charge in [0.05, 0.1) is 16.0 Å². The van der Waals surface area contributed by atoms with Crippen LogP contribution in [0.5, 0.6) is 5.75 Å². The molecule has 1 aromatic rings. The van der Waals surface area contributed by atoms with Crippen LogP contribution in [-0.2, 0) is 6.54 Å². The van der Waals surface area contributed by atoms with Gasteiger partial charge in [0.1, 0.15) is 11.7 Å². The molecule has 2 saturated heterocycles.